The molecular weight excluding hydrogens is 269 g/mol. The summed E-state index contributed by atoms with van der Waals surface area (Å²) in [5, 5.41) is 0. The highest BCUT2D eigenvalue weighted by molar-refractivity contribution is 5.43. The molecule has 0 spiro atoms. The minimum Gasteiger partial charge on any atom is -0.494 e. The summed E-state index contributed by atoms with van der Waals surface area (Å²) in [6.45, 7) is 6.05. The van der Waals surface area contributed by atoms with Crippen LogP contribution in [-0.2, 0) is 0 Å². The van der Waals surface area contributed by atoms with E-state index in [1.165, 1.54) is 6.07 Å². The first-order valence-corrected chi connectivity index (χ1v) is 6.97. The summed E-state index contributed by atoms with van der Waals surface area (Å²) in [5.41, 5.74) is 7.06. The molecule has 2 aromatic carbocycles. The monoisotopic (exact) mass is 289 g/mol. The summed E-state index contributed by atoms with van der Waals surface area (Å²) in [4.78, 5) is 0. The molecule has 0 aromatic heterocycles. The van der Waals surface area contributed by atoms with Gasteiger partial charge in [0, 0.05) is 11.6 Å². The smallest absolute Gasteiger partial charge is 0.132 e. The fraction of sp³-hybridized carbons (Fsp3) is 0.294. The molecule has 21 heavy (non-hydrogen) atoms. The summed E-state index contributed by atoms with van der Waals surface area (Å²) >= 11 is 0. The Morgan fingerprint density at radius 3 is 2.33 bits per heavy atom. The average Bonchev–Trinajstić information content (AvgIpc) is 2.44. The highest BCUT2D eigenvalue weighted by atomic mass is 19.1. The number of ether oxygens (including phenoxy) is 2. The standard InChI is InChI=1S/C17H20FNO2/c1-4-20-13-5-7-14(8-6-13)21-17-9-11(2)16(18)10-15(17)12(3)19/h5-10,12H,4,19H2,1-3H3/t12-/m0/s1. The topological polar surface area (TPSA) is 44.5 Å². The van der Waals surface area contributed by atoms with Gasteiger partial charge in [0.05, 0.1) is 6.61 Å². The molecule has 4 heteroatoms. The molecule has 112 valence electrons. The van der Waals surface area contributed by atoms with Gasteiger partial charge in [-0.05, 0) is 62.7 Å². The van der Waals surface area contributed by atoms with Crippen molar-refractivity contribution in [2.24, 2.45) is 5.73 Å². The minimum absolute atomic E-state index is 0.277. The molecule has 0 amide bonds. The fourth-order valence-corrected chi connectivity index (χ4v) is 2.01. The first-order valence-electron chi connectivity index (χ1n) is 6.97. The molecule has 0 radical (unpaired) electrons. The van der Waals surface area contributed by atoms with Crippen molar-refractivity contribution in [3.8, 4) is 17.2 Å². The quantitative estimate of drug-likeness (QED) is 0.890. The van der Waals surface area contributed by atoms with Gasteiger partial charge in [0.25, 0.3) is 0 Å². The first-order chi connectivity index (χ1) is 10.0. The fourth-order valence-electron chi connectivity index (χ4n) is 2.01. The second-order valence-corrected chi connectivity index (χ2v) is 4.93. The minimum atomic E-state index is -0.308. The van der Waals surface area contributed by atoms with E-state index in [1.54, 1.807) is 19.9 Å². The number of hydrogen-bond acceptors (Lipinski definition) is 3. The van der Waals surface area contributed by atoms with Gasteiger partial charge in [-0.2, -0.15) is 0 Å². The van der Waals surface area contributed by atoms with E-state index in [1.807, 2.05) is 31.2 Å². The highest BCUT2D eigenvalue weighted by Gasteiger charge is 2.13. The van der Waals surface area contributed by atoms with E-state index < -0.39 is 0 Å². The van der Waals surface area contributed by atoms with Crippen molar-refractivity contribution in [3.05, 3.63) is 53.3 Å². The molecule has 2 rings (SSSR count). The molecule has 0 bridgehead atoms. The van der Waals surface area contributed by atoms with Crippen LogP contribution >= 0.6 is 0 Å². The van der Waals surface area contributed by atoms with Gasteiger partial charge in [-0.3, -0.25) is 0 Å². The zero-order valence-electron chi connectivity index (χ0n) is 12.5. The van der Waals surface area contributed by atoms with Crippen LogP contribution < -0.4 is 15.2 Å². The van der Waals surface area contributed by atoms with E-state index in [2.05, 4.69) is 0 Å². The second kappa shape index (κ2) is 6.59. The molecule has 0 unspecified atom stereocenters. The number of nitrogens with two attached hydrogens (primary N) is 1. The van der Waals surface area contributed by atoms with Crippen LogP contribution in [0.1, 0.15) is 31.0 Å². The van der Waals surface area contributed by atoms with Gasteiger partial charge >= 0.3 is 0 Å². The predicted octanol–water partition coefficient (Wildman–Crippen LogP) is 4.34. The second-order valence-electron chi connectivity index (χ2n) is 4.93. The lowest BCUT2D eigenvalue weighted by atomic mass is 10.1. The summed E-state index contributed by atoms with van der Waals surface area (Å²) in [5.74, 6) is 1.74. The Kier molecular flexibility index (Phi) is 4.81. The van der Waals surface area contributed by atoms with Crippen LogP contribution in [0, 0.1) is 12.7 Å². The zero-order valence-corrected chi connectivity index (χ0v) is 12.5. The molecule has 2 N–H and O–H groups in total. The third-order valence-electron chi connectivity index (χ3n) is 3.14. The van der Waals surface area contributed by atoms with Crippen LogP contribution in [0.15, 0.2) is 36.4 Å². The molecule has 3 nitrogen and oxygen atoms in total. The maximum absolute atomic E-state index is 13.7. The number of rotatable bonds is 5. The van der Waals surface area contributed by atoms with Crippen LogP contribution in [0.25, 0.3) is 0 Å². The van der Waals surface area contributed by atoms with Crippen LogP contribution in [0.3, 0.4) is 0 Å². The first kappa shape index (κ1) is 15.3. The maximum Gasteiger partial charge on any atom is 0.132 e. The van der Waals surface area contributed by atoms with Crippen molar-refractivity contribution < 1.29 is 13.9 Å². The van der Waals surface area contributed by atoms with E-state index in [4.69, 9.17) is 15.2 Å². The summed E-state index contributed by atoms with van der Waals surface area (Å²) in [6.07, 6.45) is 0. The highest BCUT2D eigenvalue weighted by Crippen LogP contribution is 2.31. The van der Waals surface area contributed by atoms with Crippen molar-refractivity contribution in [1.82, 2.24) is 0 Å². The number of halogens is 1. The summed E-state index contributed by atoms with van der Waals surface area (Å²) in [6, 6.07) is 10.1. The van der Waals surface area contributed by atoms with Gasteiger partial charge in [0.15, 0.2) is 0 Å². The van der Waals surface area contributed by atoms with Crippen LogP contribution in [0.5, 0.6) is 17.2 Å². The molecule has 0 aliphatic carbocycles. The zero-order chi connectivity index (χ0) is 15.4. The van der Waals surface area contributed by atoms with Crippen LogP contribution in [-0.4, -0.2) is 6.61 Å². The largest absolute Gasteiger partial charge is 0.494 e. The Morgan fingerprint density at radius 1 is 1.14 bits per heavy atom. The molecule has 0 fully saturated rings. The van der Waals surface area contributed by atoms with Crippen LogP contribution in [0.2, 0.25) is 0 Å². The van der Waals surface area contributed by atoms with Gasteiger partial charge in [-0.15, -0.1) is 0 Å². The predicted molar refractivity (Wildman–Crippen MR) is 81.4 cm³/mol. The number of hydrogen-bond donors (Lipinski definition) is 1. The molecule has 0 aliphatic heterocycles. The molecule has 2 aromatic rings. The van der Waals surface area contributed by atoms with Crippen molar-refractivity contribution >= 4 is 0 Å². The van der Waals surface area contributed by atoms with E-state index in [0.29, 0.717) is 29.2 Å². The third kappa shape index (κ3) is 3.73. The molecule has 0 saturated heterocycles. The van der Waals surface area contributed by atoms with E-state index in [9.17, 15) is 4.39 Å². The lowest BCUT2D eigenvalue weighted by Gasteiger charge is -2.15. The van der Waals surface area contributed by atoms with Crippen molar-refractivity contribution in [2.45, 2.75) is 26.8 Å². The number of aryl methyl sites for hydroxylation is 1. The maximum atomic E-state index is 13.7. The molecule has 0 heterocycles. The lowest BCUT2D eigenvalue weighted by molar-refractivity contribution is 0.339. The average molecular weight is 289 g/mol. The molecule has 1 atom stereocenters. The van der Waals surface area contributed by atoms with Gasteiger partial charge in [-0.1, -0.05) is 0 Å². The summed E-state index contributed by atoms with van der Waals surface area (Å²) < 4.78 is 24.9. The SMILES string of the molecule is CCOc1ccc(Oc2cc(C)c(F)cc2[C@H](C)N)cc1. The van der Waals surface area contributed by atoms with E-state index >= 15 is 0 Å². The van der Waals surface area contributed by atoms with Gasteiger partial charge in [-0.25, -0.2) is 4.39 Å². The number of benzene rings is 2. The third-order valence-corrected chi connectivity index (χ3v) is 3.14. The van der Waals surface area contributed by atoms with Crippen molar-refractivity contribution in [3.63, 3.8) is 0 Å². The Hall–Kier alpha value is -2.07. The van der Waals surface area contributed by atoms with Gasteiger partial charge < -0.3 is 15.2 Å². The summed E-state index contributed by atoms with van der Waals surface area (Å²) in [7, 11) is 0. The lowest BCUT2D eigenvalue weighted by Crippen LogP contribution is -2.08. The Labute approximate surface area is 124 Å². The Morgan fingerprint density at radius 2 is 1.76 bits per heavy atom. The van der Waals surface area contributed by atoms with Crippen LogP contribution in [0.4, 0.5) is 4.39 Å². The van der Waals surface area contributed by atoms with Gasteiger partial charge in [0.1, 0.15) is 23.1 Å². The van der Waals surface area contributed by atoms with E-state index in [0.717, 1.165) is 5.75 Å². The Balaban J connectivity index is 2.28. The van der Waals surface area contributed by atoms with Crippen molar-refractivity contribution in [1.29, 1.82) is 0 Å². The molecular formula is C17H20FNO2. The van der Waals surface area contributed by atoms with Crippen molar-refractivity contribution in [2.75, 3.05) is 6.61 Å². The molecule has 0 saturated carbocycles. The van der Waals surface area contributed by atoms with Gasteiger partial charge in [0.2, 0.25) is 0 Å². The normalized spacial score (nSPS) is 12.0. The molecule has 0 aliphatic rings. The Bertz CT molecular complexity index is 609. The van der Waals surface area contributed by atoms with E-state index in [-0.39, 0.29) is 11.9 Å².